The van der Waals surface area contributed by atoms with Crippen LogP contribution in [0.15, 0.2) is 4.99 Å². The number of halogens is 1. The van der Waals surface area contributed by atoms with Crippen molar-refractivity contribution >= 4 is 35.8 Å². The quantitative estimate of drug-likeness (QED) is 0.311. The fourth-order valence-electron chi connectivity index (χ4n) is 4.35. The number of hydrogen-bond acceptors (Lipinski definition) is 3. The number of nitrogens with zero attached hydrogens (tertiary/aromatic N) is 3. The summed E-state index contributed by atoms with van der Waals surface area (Å²) in [5, 5.41) is 6.92. The zero-order valence-electron chi connectivity index (χ0n) is 17.1. The molecular weight excluding hydrogens is 453 g/mol. The van der Waals surface area contributed by atoms with E-state index in [1.807, 2.05) is 0 Å². The van der Waals surface area contributed by atoms with Crippen LogP contribution in [0.5, 0.6) is 0 Å². The molecule has 156 valence electrons. The smallest absolute Gasteiger partial charge is 0.225 e. The third-order valence-electron chi connectivity index (χ3n) is 6.02. The van der Waals surface area contributed by atoms with E-state index in [-0.39, 0.29) is 29.9 Å². The van der Waals surface area contributed by atoms with Gasteiger partial charge in [-0.25, -0.2) is 0 Å². The minimum Gasteiger partial charge on any atom is -0.357 e. The van der Waals surface area contributed by atoms with E-state index in [1.54, 1.807) is 0 Å². The van der Waals surface area contributed by atoms with Crippen molar-refractivity contribution in [2.75, 3.05) is 39.3 Å². The molecule has 0 spiro atoms. The van der Waals surface area contributed by atoms with E-state index in [9.17, 15) is 4.79 Å². The maximum atomic E-state index is 12.6. The van der Waals surface area contributed by atoms with Gasteiger partial charge in [-0.3, -0.25) is 14.7 Å². The molecule has 0 bridgehead atoms. The summed E-state index contributed by atoms with van der Waals surface area (Å²) in [5.41, 5.74) is 0. The summed E-state index contributed by atoms with van der Waals surface area (Å²) in [6.07, 6.45) is 8.34. The molecule has 1 heterocycles. The number of aliphatic imine (C=N–C) groups is 1. The third kappa shape index (κ3) is 6.76. The van der Waals surface area contributed by atoms with Crippen LogP contribution in [0.4, 0.5) is 0 Å². The minimum atomic E-state index is 0. The second kappa shape index (κ2) is 11.4. The van der Waals surface area contributed by atoms with Crippen LogP contribution >= 0.6 is 24.0 Å². The molecule has 1 unspecified atom stereocenters. The predicted octanol–water partition coefficient (Wildman–Crippen LogP) is 2.43. The van der Waals surface area contributed by atoms with Gasteiger partial charge < -0.3 is 15.5 Å². The Labute approximate surface area is 181 Å². The Kier molecular flexibility index (Phi) is 9.62. The van der Waals surface area contributed by atoms with E-state index < -0.39 is 0 Å². The maximum absolute atomic E-state index is 12.6. The molecule has 1 amide bonds. The molecule has 27 heavy (non-hydrogen) atoms. The number of carbonyl (C=O) groups is 1. The van der Waals surface area contributed by atoms with Crippen molar-refractivity contribution in [3.05, 3.63) is 0 Å². The molecular formula is C20H38IN5O. The van der Waals surface area contributed by atoms with Crippen molar-refractivity contribution in [3.63, 3.8) is 0 Å². The van der Waals surface area contributed by atoms with Gasteiger partial charge in [-0.1, -0.05) is 19.8 Å². The molecule has 7 heteroatoms. The van der Waals surface area contributed by atoms with Gasteiger partial charge in [0.05, 0.1) is 6.54 Å². The van der Waals surface area contributed by atoms with Crippen LogP contribution in [0.2, 0.25) is 0 Å². The number of carbonyl (C=O) groups excluding carboxylic acids is 1. The largest absolute Gasteiger partial charge is 0.357 e. The topological polar surface area (TPSA) is 60.0 Å². The summed E-state index contributed by atoms with van der Waals surface area (Å²) in [6, 6.07) is 1.12. The van der Waals surface area contributed by atoms with Crippen LogP contribution in [0, 0.1) is 5.92 Å². The lowest BCUT2D eigenvalue weighted by Crippen LogP contribution is -2.45. The van der Waals surface area contributed by atoms with Crippen LogP contribution in [-0.4, -0.2) is 73.0 Å². The summed E-state index contributed by atoms with van der Waals surface area (Å²) in [7, 11) is 0. The molecule has 2 aliphatic carbocycles. The molecule has 3 aliphatic rings. The second-order valence-electron chi connectivity index (χ2n) is 8.02. The summed E-state index contributed by atoms with van der Waals surface area (Å²) < 4.78 is 0. The first-order valence-electron chi connectivity index (χ1n) is 10.8. The predicted molar refractivity (Wildman–Crippen MR) is 122 cm³/mol. The molecule has 0 aromatic heterocycles. The highest BCUT2D eigenvalue weighted by atomic mass is 127. The SMILES string of the molecule is CCNC(=NCCN(CC)C1CC1)NC1CCN(C(=O)C2CCCC2)C1.I. The monoisotopic (exact) mass is 491 g/mol. The lowest BCUT2D eigenvalue weighted by Gasteiger charge is -2.22. The lowest BCUT2D eigenvalue weighted by atomic mass is 10.1. The molecule has 2 saturated carbocycles. The summed E-state index contributed by atoms with van der Waals surface area (Å²) in [5.74, 6) is 1.58. The Balaban J connectivity index is 0.00000261. The van der Waals surface area contributed by atoms with Crippen molar-refractivity contribution in [2.24, 2.45) is 10.9 Å². The van der Waals surface area contributed by atoms with Crippen molar-refractivity contribution in [2.45, 2.75) is 70.9 Å². The second-order valence-corrected chi connectivity index (χ2v) is 8.02. The Bertz CT molecular complexity index is 491. The van der Waals surface area contributed by atoms with Gasteiger partial charge in [0.1, 0.15) is 0 Å². The maximum Gasteiger partial charge on any atom is 0.225 e. The summed E-state index contributed by atoms with van der Waals surface area (Å²) in [4.78, 5) is 22.0. The Morgan fingerprint density at radius 2 is 1.89 bits per heavy atom. The molecule has 0 radical (unpaired) electrons. The molecule has 1 saturated heterocycles. The summed E-state index contributed by atoms with van der Waals surface area (Å²) in [6.45, 7) is 9.89. The fourth-order valence-corrected chi connectivity index (χ4v) is 4.35. The van der Waals surface area contributed by atoms with Crippen LogP contribution < -0.4 is 10.6 Å². The van der Waals surface area contributed by atoms with E-state index in [0.29, 0.717) is 11.9 Å². The number of hydrogen-bond donors (Lipinski definition) is 2. The molecule has 0 aromatic rings. The average Bonchev–Trinajstić information content (AvgIpc) is 3.14. The molecule has 2 N–H and O–H groups in total. The van der Waals surface area contributed by atoms with Gasteiger partial charge in [0.2, 0.25) is 5.91 Å². The van der Waals surface area contributed by atoms with E-state index in [0.717, 1.165) is 70.5 Å². The number of likely N-dealkylation sites (N-methyl/N-ethyl adjacent to an activating group) is 1. The molecule has 0 aromatic carbocycles. The zero-order chi connectivity index (χ0) is 18.4. The van der Waals surface area contributed by atoms with Crippen LogP contribution in [-0.2, 0) is 4.79 Å². The van der Waals surface area contributed by atoms with Crippen molar-refractivity contribution in [3.8, 4) is 0 Å². The van der Waals surface area contributed by atoms with Gasteiger partial charge in [-0.15, -0.1) is 24.0 Å². The highest BCUT2D eigenvalue weighted by molar-refractivity contribution is 14.0. The number of amides is 1. The van der Waals surface area contributed by atoms with Crippen LogP contribution in [0.1, 0.15) is 58.8 Å². The van der Waals surface area contributed by atoms with Crippen molar-refractivity contribution in [1.82, 2.24) is 20.4 Å². The van der Waals surface area contributed by atoms with Gasteiger partial charge in [0, 0.05) is 44.2 Å². The zero-order valence-corrected chi connectivity index (χ0v) is 19.4. The van der Waals surface area contributed by atoms with Crippen LogP contribution in [0.3, 0.4) is 0 Å². The Morgan fingerprint density at radius 1 is 1.15 bits per heavy atom. The molecule has 1 atom stereocenters. The van der Waals surface area contributed by atoms with Crippen molar-refractivity contribution in [1.29, 1.82) is 0 Å². The first-order chi connectivity index (χ1) is 12.7. The Morgan fingerprint density at radius 3 is 2.52 bits per heavy atom. The van der Waals surface area contributed by atoms with E-state index in [4.69, 9.17) is 4.99 Å². The normalized spacial score (nSPS) is 23.6. The average molecular weight is 491 g/mol. The first kappa shape index (κ1) is 22.7. The standard InChI is InChI=1S/C20H37N5O.HI/c1-3-21-20(22-12-14-24(4-2)18-9-10-18)23-17-11-13-25(15-17)19(26)16-7-5-6-8-16;/h16-18H,3-15H2,1-2H3,(H2,21,22,23);1H. The Hall–Kier alpha value is -0.570. The molecule has 3 fully saturated rings. The fraction of sp³-hybridized carbons (Fsp3) is 0.900. The number of likely N-dealkylation sites (tertiary alicyclic amines) is 1. The van der Waals surface area contributed by atoms with E-state index >= 15 is 0 Å². The van der Waals surface area contributed by atoms with Gasteiger partial charge >= 0.3 is 0 Å². The lowest BCUT2D eigenvalue weighted by molar-refractivity contribution is -0.134. The number of rotatable bonds is 8. The summed E-state index contributed by atoms with van der Waals surface area (Å²) >= 11 is 0. The van der Waals surface area contributed by atoms with Crippen molar-refractivity contribution < 1.29 is 4.79 Å². The van der Waals surface area contributed by atoms with Gasteiger partial charge in [0.15, 0.2) is 5.96 Å². The molecule has 6 nitrogen and oxygen atoms in total. The van der Waals surface area contributed by atoms with Gasteiger partial charge in [-0.05, 0) is 45.6 Å². The molecule has 1 aliphatic heterocycles. The van der Waals surface area contributed by atoms with E-state index in [2.05, 4.69) is 34.3 Å². The first-order valence-corrected chi connectivity index (χ1v) is 10.8. The minimum absolute atomic E-state index is 0. The third-order valence-corrected chi connectivity index (χ3v) is 6.02. The number of guanidine groups is 1. The highest BCUT2D eigenvalue weighted by Gasteiger charge is 2.32. The van der Waals surface area contributed by atoms with E-state index in [1.165, 1.54) is 25.7 Å². The van der Waals surface area contributed by atoms with Crippen LogP contribution in [0.25, 0.3) is 0 Å². The molecule has 3 rings (SSSR count). The van der Waals surface area contributed by atoms with Gasteiger partial charge in [-0.2, -0.15) is 0 Å². The highest BCUT2D eigenvalue weighted by Crippen LogP contribution is 2.28. The van der Waals surface area contributed by atoms with Gasteiger partial charge in [0.25, 0.3) is 0 Å². The number of nitrogens with one attached hydrogen (secondary N) is 2.